The average molecular weight is 170 g/mol. The fourth-order valence-corrected chi connectivity index (χ4v) is 0.862. The maximum absolute atomic E-state index is 5.67. The molecule has 2 atom stereocenters. The Labute approximate surface area is 70.7 Å². The Bertz CT molecular complexity index is 265. The largest absolute Gasteiger partial charge is 0.366 e. The number of nitrogens with zero attached hydrogens (tertiary/aromatic N) is 3. The summed E-state index contributed by atoms with van der Waals surface area (Å²) in [6, 6.07) is -0.0177. The molecule has 0 aliphatic rings. The molecule has 6 nitrogen and oxygen atoms in total. The number of nitrogens with two attached hydrogens (primary N) is 3. The van der Waals surface area contributed by atoms with E-state index in [1.54, 1.807) is 0 Å². The standard InChI is InChI=1S/C6H14N6/c1-3(4(2)7)5-10-11-6(8)12(5)9/h3-4H,7,9H2,1-2H3,(H2,8,11). The highest BCUT2D eigenvalue weighted by molar-refractivity contribution is 5.19. The summed E-state index contributed by atoms with van der Waals surface area (Å²) in [5.74, 6) is 6.43. The fraction of sp³-hybridized carbons (Fsp3) is 0.667. The zero-order valence-corrected chi connectivity index (χ0v) is 7.23. The molecule has 1 rings (SSSR count). The van der Waals surface area contributed by atoms with Crippen molar-refractivity contribution in [2.24, 2.45) is 5.73 Å². The van der Waals surface area contributed by atoms with Crippen LogP contribution in [0.5, 0.6) is 0 Å². The molecule has 0 aromatic carbocycles. The van der Waals surface area contributed by atoms with E-state index in [1.165, 1.54) is 4.68 Å². The molecule has 0 spiro atoms. The summed E-state index contributed by atoms with van der Waals surface area (Å²) in [5, 5.41) is 7.45. The van der Waals surface area contributed by atoms with Crippen molar-refractivity contribution < 1.29 is 0 Å². The first-order chi connectivity index (χ1) is 5.54. The molecule has 1 heterocycles. The van der Waals surface area contributed by atoms with Gasteiger partial charge in [0, 0.05) is 12.0 Å². The van der Waals surface area contributed by atoms with Gasteiger partial charge in [-0.15, -0.1) is 10.2 Å². The Morgan fingerprint density at radius 2 is 1.92 bits per heavy atom. The maximum Gasteiger partial charge on any atom is 0.240 e. The summed E-state index contributed by atoms with van der Waals surface area (Å²) in [7, 11) is 0. The Morgan fingerprint density at radius 1 is 1.33 bits per heavy atom. The molecule has 2 unspecified atom stereocenters. The van der Waals surface area contributed by atoms with Gasteiger partial charge in [0.2, 0.25) is 5.95 Å². The zero-order chi connectivity index (χ0) is 9.30. The zero-order valence-electron chi connectivity index (χ0n) is 7.23. The minimum Gasteiger partial charge on any atom is -0.366 e. The van der Waals surface area contributed by atoms with E-state index in [-0.39, 0.29) is 17.9 Å². The summed E-state index contributed by atoms with van der Waals surface area (Å²) >= 11 is 0. The molecule has 6 N–H and O–H groups in total. The molecule has 0 saturated heterocycles. The molecule has 0 amide bonds. The molecule has 1 aromatic rings. The van der Waals surface area contributed by atoms with Gasteiger partial charge in [-0.25, -0.2) is 4.68 Å². The van der Waals surface area contributed by atoms with Crippen molar-refractivity contribution in [3.05, 3.63) is 5.82 Å². The van der Waals surface area contributed by atoms with E-state index in [1.807, 2.05) is 13.8 Å². The van der Waals surface area contributed by atoms with Gasteiger partial charge in [0.05, 0.1) is 0 Å². The van der Waals surface area contributed by atoms with Crippen molar-refractivity contribution in [2.45, 2.75) is 25.8 Å². The molecule has 0 saturated carbocycles. The van der Waals surface area contributed by atoms with Crippen LogP contribution < -0.4 is 17.3 Å². The molecule has 0 bridgehead atoms. The molecule has 0 radical (unpaired) electrons. The van der Waals surface area contributed by atoms with E-state index in [9.17, 15) is 0 Å². The van der Waals surface area contributed by atoms with Crippen LogP contribution in [0.4, 0.5) is 5.95 Å². The Morgan fingerprint density at radius 3 is 2.25 bits per heavy atom. The van der Waals surface area contributed by atoms with E-state index in [2.05, 4.69) is 10.2 Å². The lowest BCUT2D eigenvalue weighted by molar-refractivity contribution is 0.567. The van der Waals surface area contributed by atoms with Crippen LogP contribution in [0.15, 0.2) is 0 Å². The van der Waals surface area contributed by atoms with Crippen molar-refractivity contribution in [1.29, 1.82) is 0 Å². The third kappa shape index (κ3) is 1.33. The van der Waals surface area contributed by atoms with Crippen LogP contribution in [0.25, 0.3) is 0 Å². The van der Waals surface area contributed by atoms with E-state index in [4.69, 9.17) is 17.3 Å². The van der Waals surface area contributed by atoms with Crippen molar-refractivity contribution in [3.63, 3.8) is 0 Å². The van der Waals surface area contributed by atoms with Gasteiger partial charge >= 0.3 is 0 Å². The molecule has 12 heavy (non-hydrogen) atoms. The van der Waals surface area contributed by atoms with Gasteiger partial charge in [-0.05, 0) is 6.92 Å². The van der Waals surface area contributed by atoms with Crippen LogP contribution in [0, 0.1) is 0 Å². The summed E-state index contributed by atoms with van der Waals surface area (Å²) in [5.41, 5.74) is 11.1. The summed E-state index contributed by atoms with van der Waals surface area (Å²) < 4.78 is 1.26. The van der Waals surface area contributed by atoms with Gasteiger partial charge < -0.3 is 17.3 Å². The van der Waals surface area contributed by atoms with Crippen LogP contribution in [0.1, 0.15) is 25.6 Å². The SMILES string of the molecule is CC(N)C(C)c1nnc(N)n1N. The third-order valence-corrected chi connectivity index (χ3v) is 1.94. The average Bonchev–Trinajstić information content (AvgIpc) is 2.32. The second-order valence-corrected chi connectivity index (χ2v) is 2.93. The Kier molecular flexibility index (Phi) is 2.18. The molecule has 1 aromatic heterocycles. The van der Waals surface area contributed by atoms with Gasteiger partial charge in [0.15, 0.2) is 5.82 Å². The molecule has 0 aliphatic heterocycles. The number of anilines is 1. The minimum absolute atomic E-state index is 0.0177. The number of aromatic nitrogens is 3. The molecule has 0 aliphatic carbocycles. The van der Waals surface area contributed by atoms with Crippen LogP contribution in [-0.4, -0.2) is 20.9 Å². The second kappa shape index (κ2) is 2.98. The number of nitrogen functional groups attached to an aromatic ring is 2. The van der Waals surface area contributed by atoms with Crippen LogP contribution in [0.2, 0.25) is 0 Å². The third-order valence-electron chi connectivity index (χ3n) is 1.94. The number of hydrogen-bond donors (Lipinski definition) is 3. The highest BCUT2D eigenvalue weighted by Gasteiger charge is 2.17. The van der Waals surface area contributed by atoms with Gasteiger partial charge in [-0.1, -0.05) is 6.92 Å². The first-order valence-electron chi connectivity index (χ1n) is 3.75. The minimum atomic E-state index is -0.0177. The normalized spacial score (nSPS) is 15.9. The second-order valence-electron chi connectivity index (χ2n) is 2.93. The smallest absolute Gasteiger partial charge is 0.240 e. The van der Waals surface area contributed by atoms with Crippen molar-refractivity contribution >= 4 is 5.95 Å². The summed E-state index contributed by atoms with van der Waals surface area (Å²) in [6.07, 6.45) is 0. The van der Waals surface area contributed by atoms with E-state index in [0.29, 0.717) is 5.82 Å². The van der Waals surface area contributed by atoms with Crippen molar-refractivity contribution in [3.8, 4) is 0 Å². The summed E-state index contributed by atoms with van der Waals surface area (Å²) in [4.78, 5) is 0. The van der Waals surface area contributed by atoms with Crippen LogP contribution >= 0.6 is 0 Å². The number of rotatable bonds is 2. The topological polar surface area (TPSA) is 109 Å². The van der Waals surface area contributed by atoms with Crippen molar-refractivity contribution in [1.82, 2.24) is 14.9 Å². The first-order valence-corrected chi connectivity index (χ1v) is 3.75. The molecule has 0 fully saturated rings. The van der Waals surface area contributed by atoms with Crippen molar-refractivity contribution in [2.75, 3.05) is 11.6 Å². The quantitative estimate of drug-likeness (QED) is 0.494. The van der Waals surface area contributed by atoms with E-state index >= 15 is 0 Å². The highest BCUT2D eigenvalue weighted by Crippen LogP contribution is 2.14. The molecule has 6 heteroatoms. The lowest BCUT2D eigenvalue weighted by atomic mass is 10.0. The Balaban J connectivity index is 2.95. The van der Waals surface area contributed by atoms with Crippen LogP contribution in [0.3, 0.4) is 0 Å². The monoisotopic (exact) mass is 170 g/mol. The van der Waals surface area contributed by atoms with Gasteiger partial charge in [0.25, 0.3) is 0 Å². The molecular weight excluding hydrogens is 156 g/mol. The van der Waals surface area contributed by atoms with E-state index < -0.39 is 0 Å². The molecule has 68 valence electrons. The molecular formula is C6H14N6. The predicted octanol–water partition coefficient (Wildman–Crippen LogP) is -0.975. The van der Waals surface area contributed by atoms with Gasteiger partial charge in [0.1, 0.15) is 0 Å². The lowest BCUT2D eigenvalue weighted by Crippen LogP contribution is -2.27. The predicted molar refractivity (Wildman–Crippen MR) is 46.6 cm³/mol. The first kappa shape index (κ1) is 8.79. The lowest BCUT2D eigenvalue weighted by Gasteiger charge is -2.13. The Hall–Kier alpha value is -1.30. The van der Waals surface area contributed by atoms with Gasteiger partial charge in [-0.3, -0.25) is 0 Å². The number of hydrogen-bond acceptors (Lipinski definition) is 5. The van der Waals surface area contributed by atoms with Crippen LogP contribution in [-0.2, 0) is 0 Å². The van der Waals surface area contributed by atoms with E-state index in [0.717, 1.165) is 0 Å². The maximum atomic E-state index is 5.67. The highest BCUT2D eigenvalue weighted by atomic mass is 15.4. The summed E-state index contributed by atoms with van der Waals surface area (Å²) in [6.45, 7) is 3.81. The fourth-order valence-electron chi connectivity index (χ4n) is 0.862. The van der Waals surface area contributed by atoms with Gasteiger partial charge in [-0.2, -0.15) is 0 Å².